The molecule has 0 saturated heterocycles. The molecule has 0 heterocycles. The van der Waals surface area contributed by atoms with Crippen molar-refractivity contribution in [1.29, 1.82) is 0 Å². The van der Waals surface area contributed by atoms with E-state index in [1.807, 2.05) is 7.05 Å². The van der Waals surface area contributed by atoms with Crippen LogP contribution in [0.1, 0.15) is 32.1 Å². The van der Waals surface area contributed by atoms with Crippen LogP contribution in [0.25, 0.3) is 0 Å². The van der Waals surface area contributed by atoms with Crippen molar-refractivity contribution in [1.82, 2.24) is 5.32 Å². The minimum atomic E-state index is 0.486. The van der Waals surface area contributed by atoms with E-state index < -0.39 is 0 Å². The highest BCUT2D eigenvalue weighted by Crippen LogP contribution is 2.25. The smallest absolute Gasteiger partial charge is 0.00929 e. The van der Waals surface area contributed by atoms with Crippen LogP contribution in [0.15, 0.2) is 0 Å². The van der Waals surface area contributed by atoms with Crippen LogP contribution in [-0.2, 0) is 0 Å². The second-order valence-electron chi connectivity index (χ2n) is 3.29. The summed E-state index contributed by atoms with van der Waals surface area (Å²) < 4.78 is 0. The van der Waals surface area contributed by atoms with E-state index in [1.165, 1.54) is 32.1 Å². The summed E-state index contributed by atoms with van der Waals surface area (Å²) in [6.07, 6.45) is 7.04. The van der Waals surface area contributed by atoms with Crippen LogP contribution >= 0.6 is 0 Å². The Morgan fingerprint density at radius 2 is 1.90 bits per heavy atom. The first-order valence-corrected chi connectivity index (χ1v) is 4.35. The number of rotatable bonds is 2. The normalized spacial score (nSPS) is 24.6. The van der Waals surface area contributed by atoms with Crippen molar-refractivity contribution in [2.45, 2.75) is 38.1 Å². The predicted molar refractivity (Wildman–Crippen MR) is 44.8 cm³/mol. The second kappa shape index (κ2) is 3.97. The van der Waals surface area contributed by atoms with Crippen LogP contribution in [0.5, 0.6) is 0 Å². The third kappa shape index (κ3) is 1.98. The molecule has 0 bridgehead atoms. The summed E-state index contributed by atoms with van der Waals surface area (Å²) in [5.74, 6) is 0.846. The van der Waals surface area contributed by atoms with Gasteiger partial charge in [0.05, 0.1) is 0 Å². The van der Waals surface area contributed by atoms with Crippen molar-refractivity contribution in [2.75, 3.05) is 7.05 Å². The Kier molecular flexibility index (Phi) is 3.20. The topological polar surface area (TPSA) is 12.0 Å². The average Bonchev–Trinajstić information content (AvgIpc) is 2.05. The lowest BCUT2D eigenvalue weighted by Gasteiger charge is -2.26. The van der Waals surface area contributed by atoms with E-state index in [9.17, 15) is 0 Å². The molecule has 1 fully saturated rings. The van der Waals surface area contributed by atoms with Gasteiger partial charge in [-0.3, -0.25) is 0 Å². The molecule has 1 atom stereocenters. The highest BCUT2D eigenvalue weighted by molar-refractivity contribution is 4.79. The average molecular weight is 140 g/mol. The van der Waals surface area contributed by atoms with E-state index in [4.69, 9.17) is 0 Å². The summed E-state index contributed by atoms with van der Waals surface area (Å²) >= 11 is 0. The third-order valence-corrected chi connectivity index (χ3v) is 2.59. The summed E-state index contributed by atoms with van der Waals surface area (Å²) in [7, 11) is 2.01. The van der Waals surface area contributed by atoms with Gasteiger partial charge in [0.2, 0.25) is 0 Å². The Bertz CT molecular complexity index is 84.7. The number of hydrogen-bond donors (Lipinski definition) is 1. The zero-order valence-corrected chi connectivity index (χ0v) is 6.90. The van der Waals surface area contributed by atoms with Gasteiger partial charge in [-0.2, -0.15) is 0 Å². The molecule has 0 aromatic heterocycles. The molecule has 1 saturated carbocycles. The van der Waals surface area contributed by atoms with Crippen molar-refractivity contribution in [3.8, 4) is 0 Å². The zero-order chi connectivity index (χ0) is 7.40. The lowest BCUT2D eigenvalue weighted by molar-refractivity contribution is 0.308. The molecule has 1 aliphatic rings. The van der Waals surface area contributed by atoms with Gasteiger partial charge >= 0.3 is 0 Å². The predicted octanol–water partition coefficient (Wildman–Crippen LogP) is 1.99. The van der Waals surface area contributed by atoms with Gasteiger partial charge in [-0.15, -0.1) is 0 Å². The van der Waals surface area contributed by atoms with Crippen molar-refractivity contribution in [3.63, 3.8) is 0 Å². The first-order valence-electron chi connectivity index (χ1n) is 4.35. The Balaban J connectivity index is 2.24. The summed E-state index contributed by atoms with van der Waals surface area (Å²) in [4.78, 5) is 0. The van der Waals surface area contributed by atoms with Crippen molar-refractivity contribution in [3.05, 3.63) is 6.92 Å². The van der Waals surface area contributed by atoms with E-state index >= 15 is 0 Å². The van der Waals surface area contributed by atoms with E-state index in [-0.39, 0.29) is 0 Å². The SMILES string of the molecule is [CH2]C(NC)C1CCCCC1. The first-order chi connectivity index (χ1) is 4.84. The molecule has 1 radical (unpaired) electrons. The standard InChI is InChI=1S/C9H18N/c1-8(10-2)9-6-4-3-5-7-9/h8-10H,1,3-7H2,2H3. The summed E-state index contributed by atoms with van der Waals surface area (Å²) in [5.41, 5.74) is 0. The van der Waals surface area contributed by atoms with Crippen LogP contribution < -0.4 is 5.32 Å². The van der Waals surface area contributed by atoms with Gasteiger partial charge in [0.15, 0.2) is 0 Å². The molecule has 1 unspecified atom stereocenters. The Hall–Kier alpha value is -0.0400. The monoisotopic (exact) mass is 140 g/mol. The second-order valence-corrected chi connectivity index (χ2v) is 3.29. The maximum absolute atomic E-state index is 4.07. The zero-order valence-electron chi connectivity index (χ0n) is 6.90. The van der Waals surface area contributed by atoms with Gasteiger partial charge in [0, 0.05) is 6.04 Å². The molecule has 0 aromatic carbocycles. The molecule has 0 spiro atoms. The lowest BCUT2D eigenvalue weighted by atomic mass is 9.85. The summed E-state index contributed by atoms with van der Waals surface area (Å²) in [6.45, 7) is 4.07. The molecule has 1 N–H and O–H groups in total. The highest BCUT2D eigenvalue weighted by Gasteiger charge is 2.17. The number of nitrogens with one attached hydrogen (secondary N) is 1. The van der Waals surface area contributed by atoms with Gasteiger partial charge in [-0.25, -0.2) is 0 Å². The largest absolute Gasteiger partial charge is 0.317 e. The lowest BCUT2D eigenvalue weighted by Crippen LogP contribution is -2.31. The van der Waals surface area contributed by atoms with Crippen LogP contribution in [0.4, 0.5) is 0 Å². The fourth-order valence-electron chi connectivity index (χ4n) is 1.77. The van der Waals surface area contributed by atoms with Crippen LogP contribution in [-0.4, -0.2) is 13.1 Å². The van der Waals surface area contributed by atoms with E-state index in [0.29, 0.717) is 6.04 Å². The molecule has 0 aromatic rings. The Labute approximate surface area is 64.2 Å². The molecule has 1 aliphatic carbocycles. The minimum Gasteiger partial charge on any atom is -0.317 e. The molecule has 1 heteroatoms. The Morgan fingerprint density at radius 3 is 2.40 bits per heavy atom. The molecule has 0 aliphatic heterocycles. The van der Waals surface area contributed by atoms with E-state index in [0.717, 1.165) is 5.92 Å². The van der Waals surface area contributed by atoms with Crippen LogP contribution in [0.2, 0.25) is 0 Å². The van der Waals surface area contributed by atoms with Gasteiger partial charge < -0.3 is 5.32 Å². The highest BCUT2D eigenvalue weighted by atomic mass is 14.9. The molecule has 10 heavy (non-hydrogen) atoms. The van der Waals surface area contributed by atoms with Gasteiger partial charge in [0.25, 0.3) is 0 Å². The van der Waals surface area contributed by atoms with Gasteiger partial charge in [-0.1, -0.05) is 19.3 Å². The summed E-state index contributed by atoms with van der Waals surface area (Å²) in [5, 5.41) is 3.22. The molecule has 1 rings (SSSR count). The fourth-order valence-corrected chi connectivity index (χ4v) is 1.77. The van der Waals surface area contributed by atoms with E-state index in [1.54, 1.807) is 0 Å². The molecular weight excluding hydrogens is 122 g/mol. The molecule has 0 amide bonds. The first kappa shape index (κ1) is 8.06. The third-order valence-electron chi connectivity index (χ3n) is 2.59. The van der Waals surface area contributed by atoms with E-state index in [2.05, 4.69) is 12.2 Å². The quantitative estimate of drug-likeness (QED) is 0.618. The Morgan fingerprint density at radius 1 is 1.30 bits per heavy atom. The molecule has 59 valence electrons. The molecule has 1 nitrogen and oxygen atoms in total. The number of hydrogen-bond acceptors (Lipinski definition) is 1. The maximum atomic E-state index is 4.07. The fraction of sp³-hybridized carbons (Fsp3) is 0.889. The van der Waals surface area contributed by atoms with Gasteiger partial charge in [-0.05, 0) is 32.7 Å². The van der Waals surface area contributed by atoms with Crippen molar-refractivity contribution >= 4 is 0 Å². The maximum Gasteiger partial charge on any atom is 0.00929 e. The van der Waals surface area contributed by atoms with Gasteiger partial charge in [0.1, 0.15) is 0 Å². The minimum absolute atomic E-state index is 0.486. The van der Waals surface area contributed by atoms with Crippen LogP contribution in [0.3, 0.4) is 0 Å². The molecular formula is C9H18N. The summed E-state index contributed by atoms with van der Waals surface area (Å²) in [6, 6.07) is 0.486. The van der Waals surface area contributed by atoms with Crippen molar-refractivity contribution < 1.29 is 0 Å². The van der Waals surface area contributed by atoms with Crippen LogP contribution in [0, 0.1) is 12.8 Å². The van der Waals surface area contributed by atoms with Crippen molar-refractivity contribution in [2.24, 2.45) is 5.92 Å².